The van der Waals surface area contributed by atoms with Crippen molar-refractivity contribution in [2.75, 3.05) is 18.9 Å². The molecule has 134 valence electrons. The van der Waals surface area contributed by atoms with Gasteiger partial charge >= 0.3 is 0 Å². The maximum Gasteiger partial charge on any atom is 0.243 e. The number of anilines is 1. The number of likely N-dealkylation sites (N-methyl/N-ethyl adjacent to an activating group) is 1. The Morgan fingerprint density at radius 1 is 1.19 bits per heavy atom. The summed E-state index contributed by atoms with van der Waals surface area (Å²) in [5, 5.41) is 3.69. The highest BCUT2D eigenvalue weighted by Crippen LogP contribution is 2.24. The number of carbonyl (C=O) groups is 1. The topological polar surface area (TPSA) is 79.4 Å². The molecule has 0 radical (unpaired) electrons. The van der Waals surface area contributed by atoms with Crippen LogP contribution in [0.4, 0.5) is 10.1 Å². The highest BCUT2D eigenvalue weighted by atomic mass is 32.2. The molecule has 0 fully saturated rings. The number of hydrogen-bond donors (Lipinski definition) is 1. The summed E-state index contributed by atoms with van der Waals surface area (Å²) in [6.45, 7) is -0.402. The van der Waals surface area contributed by atoms with Crippen molar-refractivity contribution in [1.29, 1.82) is 0 Å². The average Bonchev–Trinajstić information content (AvgIpc) is 2.61. The van der Waals surface area contributed by atoms with Gasteiger partial charge < -0.3 is 5.32 Å². The van der Waals surface area contributed by atoms with Crippen molar-refractivity contribution in [2.45, 2.75) is 4.90 Å². The number of pyridine rings is 1. The minimum Gasteiger partial charge on any atom is -0.325 e. The number of benzene rings is 2. The van der Waals surface area contributed by atoms with Gasteiger partial charge in [-0.1, -0.05) is 18.2 Å². The largest absolute Gasteiger partial charge is 0.325 e. The second-order valence-corrected chi connectivity index (χ2v) is 7.69. The molecule has 1 heterocycles. The van der Waals surface area contributed by atoms with Crippen LogP contribution in [0.15, 0.2) is 65.8 Å². The molecular formula is C18H16FN3O3S. The Morgan fingerprint density at radius 2 is 1.96 bits per heavy atom. The zero-order chi connectivity index (χ0) is 18.7. The highest BCUT2D eigenvalue weighted by molar-refractivity contribution is 7.89. The predicted molar refractivity (Wildman–Crippen MR) is 96.6 cm³/mol. The second-order valence-electron chi connectivity index (χ2n) is 5.67. The number of fused-ring (bicyclic) bond motifs is 1. The van der Waals surface area contributed by atoms with Crippen LogP contribution in [0.5, 0.6) is 0 Å². The summed E-state index contributed by atoms with van der Waals surface area (Å²) in [5.74, 6) is -1.06. The zero-order valence-electron chi connectivity index (χ0n) is 13.9. The van der Waals surface area contributed by atoms with Crippen molar-refractivity contribution in [1.82, 2.24) is 9.29 Å². The van der Waals surface area contributed by atoms with E-state index in [9.17, 15) is 17.6 Å². The maximum atomic E-state index is 13.2. The van der Waals surface area contributed by atoms with Gasteiger partial charge in [-0.15, -0.1) is 0 Å². The van der Waals surface area contributed by atoms with Gasteiger partial charge in [0.1, 0.15) is 5.82 Å². The van der Waals surface area contributed by atoms with Crippen LogP contribution in [0.2, 0.25) is 0 Å². The Hall–Kier alpha value is -2.84. The summed E-state index contributed by atoms with van der Waals surface area (Å²) in [6, 6.07) is 11.9. The van der Waals surface area contributed by atoms with E-state index in [2.05, 4.69) is 10.3 Å². The van der Waals surface area contributed by atoms with Gasteiger partial charge in [-0.25, -0.2) is 12.8 Å². The van der Waals surface area contributed by atoms with Gasteiger partial charge in [-0.2, -0.15) is 4.31 Å². The van der Waals surface area contributed by atoms with Gasteiger partial charge in [0.2, 0.25) is 15.9 Å². The Labute approximate surface area is 150 Å². The van der Waals surface area contributed by atoms with Crippen molar-refractivity contribution in [3.63, 3.8) is 0 Å². The number of amides is 1. The Bertz CT molecular complexity index is 1060. The van der Waals surface area contributed by atoms with Crippen molar-refractivity contribution >= 4 is 32.4 Å². The number of nitrogens with zero attached hydrogens (tertiary/aromatic N) is 2. The van der Waals surface area contributed by atoms with Crippen LogP contribution in [0, 0.1) is 5.82 Å². The Morgan fingerprint density at radius 3 is 2.73 bits per heavy atom. The van der Waals surface area contributed by atoms with E-state index in [-0.39, 0.29) is 10.6 Å². The molecule has 0 saturated carbocycles. The van der Waals surface area contributed by atoms with E-state index in [1.165, 1.54) is 37.5 Å². The number of nitrogens with one attached hydrogen (secondary N) is 1. The van der Waals surface area contributed by atoms with Crippen LogP contribution >= 0.6 is 0 Å². The number of aromatic nitrogens is 1. The van der Waals surface area contributed by atoms with E-state index in [0.29, 0.717) is 10.8 Å². The molecule has 0 saturated heterocycles. The number of hydrogen-bond acceptors (Lipinski definition) is 4. The molecule has 0 atom stereocenters. The third-order valence-electron chi connectivity index (χ3n) is 3.80. The quantitative estimate of drug-likeness (QED) is 0.746. The molecular weight excluding hydrogens is 357 g/mol. The lowest BCUT2D eigenvalue weighted by atomic mass is 10.2. The zero-order valence-corrected chi connectivity index (χ0v) is 14.7. The number of halogens is 1. The standard InChI is InChI=1S/C18H16FN3O3S/c1-22(12-18(23)21-15-6-3-5-14(19)10-15)26(24,25)17-7-2-4-13-11-20-9-8-16(13)17/h2-11H,12H2,1H3,(H,21,23). The minimum atomic E-state index is -3.89. The van der Waals surface area contributed by atoms with Gasteiger partial charge in [0.05, 0.1) is 11.4 Å². The average molecular weight is 373 g/mol. The SMILES string of the molecule is CN(CC(=O)Nc1cccc(F)c1)S(=O)(=O)c1cccc2cnccc12. The van der Waals surface area contributed by atoms with Crippen LogP contribution in [0.25, 0.3) is 10.8 Å². The normalized spacial score (nSPS) is 11.7. The number of sulfonamides is 1. The van der Waals surface area contributed by atoms with Crippen LogP contribution in [-0.2, 0) is 14.8 Å². The van der Waals surface area contributed by atoms with Crippen molar-refractivity contribution in [2.24, 2.45) is 0 Å². The lowest BCUT2D eigenvalue weighted by Gasteiger charge is -2.18. The van der Waals surface area contributed by atoms with Gasteiger partial charge in [-0.3, -0.25) is 9.78 Å². The fraction of sp³-hybridized carbons (Fsp3) is 0.111. The summed E-state index contributed by atoms with van der Waals surface area (Å²) < 4.78 is 39.8. The summed E-state index contributed by atoms with van der Waals surface area (Å²) >= 11 is 0. The first-order chi connectivity index (χ1) is 12.4. The monoisotopic (exact) mass is 373 g/mol. The van der Waals surface area contributed by atoms with Gasteiger partial charge in [0.25, 0.3) is 0 Å². The first-order valence-electron chi connectivity index (χ1n) is 7.72. The molecule has 3 aromatic rings. The molecule has 0 aliphatic rings. The third-order valence-corrected chi connectivity index (χ3v) is 5.67. The van der Waals surface area contributed by atoms with Crippen LogP contribution in [0.1, 0.15) is 0 Å². The molecule has 0 aliphatic heterocycles. The molecule has 26 heavy (non-hydrogen) atoms. The number of carbonyl (C=O) groups excluding carboxylic acids is 1. The maximum absolute atomic E-state index is 13.2. The summed E-state index contributed by atoms with van der Waals surface area (Å²) in [6.07, 6.45) is 3.09. The smallest absolute Gasteiger partial charge is 0.243 e. The van der Waals surface area contributed by atoms with Crippen LogP contribution < -0.4 is 5.32 Å². The highest BCUT2D eigenvalue weighted by Gasteiger charge is 2.24. The second kappa shape index (κ2) is 7.19. The molecule has 1 amide bonds. The van der Waals surface area contributed by atoms with E-state index in [0.717, 1.165) is 10.4 Å². The lowest BCUT2D eigenvalue weighted by Crippen LogP contribution is -2.35. The summed E-state index contributed by atoms with van der Waals surface area (Å²) in [4.78, 5) is 16.2. The molecule has 8 heteroatoms. The molecule has 1 N–H and O–H groups in total. The fourth-order valence-corrected chi connectivity index (χ4v) is 3.88. The van der Waals surface area contributed by atoms with Crippen molar-refractivity contribution in [3.05, 3.63) is 66.7 Å². The Balaban J connectivity index is 1.81. The molecule has 0 spiro atoms. The Kier molecular flexibility index (Phi) is 4.97. The van der Waals surface area contributed by atoms with E-state index in [1.54, 1.807) is 24.4 Å². The van der Waals surface area contributed by atoms with E-state index < -0.39 is 28.3 Å². The van der Waals surface area contributed by atoms with Crippen molar-refractivity contribution < 1.29 is 17.6 Å². The third kappa shape index (κ3) is 3.71. The first kappa shape index (κ1) is 18.0. The number of rotatable bonds is 5. The van der Waals surface area contributed by atoms with Gasteiger partial charge in [0, 0.05) is 35.9 Å². The predicted octanol–water partition coefficient (Wildman–Crippen LogP) is 2.63. The van der Waals surface area contributed by atoms with Gasteiger partial charge in [0.15, 0.2) is 0 Å². The van der Waals surface area contributed by atoms with Crippen molar-refractivity contribution in [3.8, 4) is 0 Å². The van der Waals surface area contributed by atoms with Crippen LogP contribution in [-0.4, -0.2) is 37.2 Å². The molecule has 1 aromatic heterocycles. The summed E-state index contributed by atoms with van der Waals surface area (Å²) in [5.41, 5.74) is 0.261. The first-order valence-corrected chi connectivity index (χ1v) is 9.16. The van der Waals surface area contributed by atoms with E-state index >= 15 is 0 Å². The lowest BCUT2D eigenvalue weighted by molar-refractivity contribution is -0.116. The molecule has 3 rings (SSSR count). The fourth-order valence-electron chi connectivity index (χ4n) is 2.54. The minimum absolute atomic E-state index is 0.0958. The molecule has 2 aromatic carbocycles. The summed E-state index contributed by atoms with van der Waals surface area (Å²) in [7, 11) is -2.57. The molecule has 0 bridgehead atoms. The molecule has 0 unspecified atom stereocenters. The van der Waals surface area contributed by atoms with Gasteiger partial charge in [-0.05, 0) is 30.3 Å². The van der Waals surface area contributed by atoms with Crippen LogP contribution in [0.3, 0.4) is 0 Å². The van der Waals surface area contributed by atoms with E-state index in [1.807, 2.05) is 0 Å². The molecule has 0 aliphatic carbocycles. The van der Waals surface area contributed by atoms with E-state index in [4.69, 9.17) is 0 Å². The molecule has 6 nitrogen and oxygen atoms in total.